The third-order valence-electron chi connectivity index (χ3n) is 3.29. The number of rotatable bonds is 3. The topological polar surface area (TPSA) is 12.0 Å². The molecule has 0 radical (unpaired) electrons. The molecule has 4 heteroatoms. The molecular weight excluding hydrogens is 276 g/mol. The zero-order chi connectivity index (χ0) is 11.8. The van der Waals surface area contributed by atoms with Crippen molar-refractivity contribution in [2.45, 2.75) is 38.3 Å². The third-order valence-corrected chi connectivity index (χ3v) is 3.90. The van der Waals surface area contributed by atoms with Gasteiger partial charge < -0.3 is 5.32 Å². The van der Waals surface area contributed by atoms with Crippen molar-refractivity contribution in [2.75, 3.05) is 0 Å². The maximum absolute atomic E-state index is 13.6. The molecule has 0 aliphatic heterocycles. The van der Waals surface area contributed by atoms with E-state index < -0.39 is 11.6 Å². The Kier molecular flexibility index (Phi) is 3.31. The minimum absolute atomic E-state index is 0.0567. The van der Waals surface area contributed by atoms with Gasteiger partial charge in [-0.2, -0.15) is 0 Å². The predicted octanol–water partition coefficient (Wildman–Crippen LogP) is 3.76. The van der Waals surface area contributed by atoms with Crippen LogP contribution in [-0.2, 0) is 6.54 Å². The van der Waals surface area contributed by atoms with Gasteiger partial charge in [0.15, 0.2) is 0 Å². The molecule has 88 valence electrons. The van der Waals surface area contributed by atoms with Crippen LogP contribution in [0.1, 0.15) is 31.7 Å². The lowest BCUT2D eigenvalue weighted by Crippen LogP contribution is -2.47. The molecule has 1 nitrogen and oxygen atoms in total. The van der Waals surface area contributed by atoms with Gasteiger partial charge in [0.05, 0.1) is 4.47 Å². The highest BCUT2D eigenvalue weighted by Gasteiger charge is 2.31. The summed E-state index contributed by atoms with van der Waals surface area (Å²) in [7, 11) is 0. The Labute approximate surface area is 102 Å². The molecule has 1 aromatic rings. The Morgan fingerprint density at radius 2 is 2.06 bits per heavy atom. The summed E-state index contributed by atoms with van der Waals surface area (Å²) in [6.07, 6.45) is 3.33. The van der Waals surface area contributed by atoms with Crippen molar-refractivity contribution < 1.29 is 8.78 Å². The molecule has 0 amide bonds. The molecule has 0 atom stereocenters. The Morgan fingerprint density at radius 3 is 2.62 bits per heavy atom. The van der Waals surface area contributed by atoms with Crippen molar-refractivity contribution in [2.24, 2.45) is 0 Å². The van der Waals surface area contributed by atoms with Crippen molar-refractivity contribution in [3.63, 3.8) is 0 Å². The molecule has 1 aliphatic rings. The van der Waals surface area contributed by atoms with Gasteiger partial charge in [-0.15, -0.1) is 0 Å². The van der Waals surface area contributed by atoms with Gasteiger partial charge in [0.25, 0.3) is 0 Å². The zero-order valence-corrected chi connectivity index (χ0v) is 10.7. The summed E-state index contributed by atoms with van der Waals surface area (Å²) in [5.41, 5.74) is 0.170. The van der Waals surface area contributed by atoms with Gasteiger partial charge in [0.1, 0.15) is 11.6 Å². The summed E-state index contributed by atoms with van der Waals surface area (Å²) in [6.45, 7) is 2.33. The first-order valence-corrected chi connectivity index (χ1v) is 6.18. The van der Waals surface area contributed by atoms with Crippen LogP contribution in [0.2, 0.25) is 0 Å². The van der Waals surface area contributed by atoms with E-state index in [2.05, 4.69) is 28.2 Å². The van der Waals surface area contributed by atoms with E-state index in [9.17, 15) is 8.78 Å². The van der Waals surface area contributed by atoms with Crippen molar-refractivity contribution in [1.82, 2.24) is 5.32 Å². The van der Waals surface area contributed by atoms with Crippen molar-refractivity contribution in [3.8, 4) is 0 Å². The van der Waals surface area contributed by atoms with Gasteiger partial charge in [0, 0.05) is 17.6 Å². The highest BCUT2D eigenvalue weighted by Crippen LogP contribution is 2.31. The monoisotopic (exact) mass is 289 g/mol. The second-order valence-electron chi connectivity index (χ2n) is 4.59. The molecule has 1 fully saturated rings. The fraction of sp³-hybridized carbons (Fsp3) is 0.500. The lowest BCUT2D eigenvalue weighted by molar-refractivity contribution is 0.205. The van der Waals surface area contributed by atoms with Gasteiger partial charge in [0.2, 0.25) is 0 Å². The van der Waals surface area contributed by atoms with E-state index in [1.807, 2.05) is 0 Å². The standard InChI is InChI=1S/C12H14BrF2N/c1-12(5-2-6-12)16-7-8-10(14)4-3-9(13)11(8)15/h3-4,16H,2,5-7H2,1H3. The molecule has 0 spiro atoms. The van der Waals surface area contributed by atoms with Gasteiger partial charge in [-0.3, -0.25) is 0 Å². The maximum atomic E-state index is 13.6. The van der Waals surface area contributed by atoms with Gasteiger partial charge in [-0.25, -0.2) is 8.78 Å². The van der Waals surface area contributed by atoms with E-state index in [0.717, 1.165) is 12.8 Å². The van der Waals surface area contributed by atoms with Gasteiger partial charge >= 0.3 is 0 Å². The maximum Gasteiger partial charge on any atom is 0.144 e. The quantitative estimate of drug-likeness (QED) is 0.836. The highest BCUT2D eigenvalue weighted by atomic mass is 79.9. The second-order valence-corrected chi connectivity index (χ2v) is 5.44. The van der Waals surface area contributed by atoms with Gasteiger partial charge in [-0.1, -0.05) is 0 Å². The fourth-order valence-corrected chi connectivity index (χ4v) is 2.29. The molecule has 0 heterocycles. The molecule has 2 rings (SSSR count). The van der Waals surface area contributed by atoms with Crippen LogP contribution in [0.25, 0.3) is 0 Å². The largest absolute Gasteiger partial charge is 0.307 e. The lowest BCUT2D eigenvalue weighted by Gasteiger charge is -2.39. The average molecular weight is 290 g/mol. The first-order valence-electron chi connectivity index (χ1n) is 5.39. The number of benzene rings is 1. The Bertz CT molecular complexity index is 402. The molecule has 0 unspecified atom stereocenters. The van der Waals surface area contributed by atoms with Crippen LogP contribution in [0.5, 0.6) is 0 Å². The Hall–Kier alpha value is -0.480. The first kappa shape index (κ1) is 12.0. The molecule has 16 heavy (non-hydrogen) atoms. The first-order chi connectivity index (χ1) is 7.52. The second kappa shape index (κ2) is 4.41. The molecular formula is C12H14BrF2N. The number of nitrogens with one attached hydrogen (secondary N) is 1. The van der Waals surface area contributed by atoms with E-state index in [1.54, 1.807) is 0 Å². The molecule has 0 aromatic heterocycles. The Morgan fingerprint density at radius 1 is 1.38 bits per heavy atom. The third kappa shape index (κ3) is 2.28. The van der Waals surface area contributed by atoms with Crippen molar-refractivity contribution in [3.05, 3.63) is 33.8 Å². The minimum Gasteiger partial charge on any atom is -0.307 e. The van der Waals surface area contributed by atoms with E-state index in [4.69, 9.17) is 0 Å². The highest BCUT2D eigenvalue weighted by molar-refractivity contribution is 9.10. The van der Waals surface area contributed by atoms with Crippen molar-refractivity contribution >= 4 is 15.9 Å². The van der Waals surface area contributed by atoms with E-state index in [-0.39, 0.29) is 17.6 Å². The average Bonchev–Trinajstić information content (AvgIpc) is 2.21. The van der Waals surface area contributed by atoms with E-state index >= 15 is 0 Å². The number of hydrogen-bond acceptors (Lipinski definition) is 1. The summed E-state index contributed by atoms with van der Waals surface area (Å²) < 4.78 is 27.4. The summed E-state index contributed by atoms with van der Waals surface area (Å²) in [5.74, 6) is -0.994. The molecule has 0 saturated heterocycles. The van der Waals surface area contributed by atoms with Crippen LogP contribution in [-0.4, -0.2) is 5.54 Å². The fourth-order valence-electron chi connectivity index (χ4n) is 1.92. The van der Waals surface area contributed by atoms with E-state index in [1.165, 1.54) is 18.6 Å². The molecule has 0 bridgehead atoms. The molecule has 1 aliphatic carbocycles. The van der Waals surface area contributed by atoms with Crippen LogP contribution >= 0.6 is 15.9 Å². The Balaban J connectivity index is 2.11. The smallest absolute Gasteiger partial charge is 0.144 e. The zero-order valence-electron chi connectivity index (χ0n) is 9.12. The van der Waals surface area contributed by atoms with Crippen LogP contribution in [0.4, 0.5) is 8.78 Å². The van der Waals surface area contributed by atoms with E-state index in [0.29, 0.717) is 4.47 Å². The minimum atomic E-state index is -0.504. The summed E-state index contributed by atoms with van der Waals surface area (Å²) in [4.78, 5) is 0. The number of halogens is 3. The summed E-state index contributed by atoms with van der Waals surface area (Å²) in [6, 6.07) is 2.67. The molecule has 1 N–H and O–H groups in total. The lowest BCUT2D eigenvalue weighted by atomic mass is 9.78. The van der Waals surface area contributed by atoms with Crippen LogP contribution < -0.4 is 5.32 Å². The predicted molar refractivity (Wildman–Crippen MR) is 63.2 cm³/mol. The summed E-state index contributed by atoms with van der Waals surface area (Å²) >= 11 is 3.06. The SMILES string of the molecule is CC1(NCc2c(F)ccc(Br)c2F)CCC1. The molecule has 1 aromatic carbocycles. The summed E-state index contributed by atoms with van der Waals surface area (Å²) in [5, 5.41) is 3.22. The van der Waals surface area contributed by atoms with Crippen molar-refractivity contribution in [1.29, 1.82) is 0 Å². The van der Waals surface area contributed by atoms with Crippen LogP contribution in [0.15, 0.2) is 16.6 Å². The van der Waals surface area contributed by atoms with Crippen LogP contribution in [0.3, 0.4) is 0 Å². The normalized spacial score (nSPS) is 18.2. The van der Waals surface area contributed by atoms with Gasteiger partial charge in [-0.05, 0) is 54.2 Å². The van der Waals surface area contributed by atoms with Crippen LogP contribution in [0, 0.1) is 11.6 Å². The molecule has 1 saturated carbocycles. The number of hydrogen-bond donors (Lipinski definition) is 1.